The highest BCUT2D eigenvalue weighted by Crippen LogP contribution is 2.24. The average Bonchev–Trinajstić information content (AvgIpc) is 3.16. The summed E-state index contributed by atoms with van der Waals surface area (Å²) in [6.45, 7) is 0.459. The van der Waals surface area contributed by atoms with Crippen LogP contribution in [0.2, 0.25) is 0 Å². The van der Waals surface area contributed by atoms with Gasteiger partial charge in [0, 0.05) is 11.4 Å². The molecule has 0 bridgehead atoms. The maximum Gasteiger partial charge on any atom is 0.182 e. The molecule has 3 heterocycles. The third-order valence-corrected chi connectivity index (χ3v) is 3.42. The summed E-state index contributed by atoms with van der Waals surface area (Å²) in [5.74, 6) is 0.623. The van der Waals surface area contributed by atoms with Crippen LogP contribution < -0.4 is 11.5 Å². The third kappa shape index (κ3) is 2.35. The number of hydrogen-bond donors (Lipinski definition) is 2. The van der Waals surface area contributed by atoms with Crippen molar-refractivity contribution in [2.45, 2.75) is 6.54 Å². The van der Waals surface area contributed by atoms with Gasteiger partial charge in [0.15, 0.2) is 16.9 Å². The molecule has 0 aliphatic rings. The van der Waals surface area contributed by atoms with Crippen LogP contribution in [-0.2, 0) is 6.54 Å². The van der Waals surface area contributed by atoms with Gasteiger partial charge in [0.2, 0.25) is 0 Å². The standard InChI is InChI=1S/C15H13N7O/c16-10-4-9(5-11(17)6-10)7-22-15-14(20-21-22)13(18-8-19-15)12-2-1-3-23-12/h1-6,8H,7,16-17H2. The maximum absolute atomic E-state index is 5.83. The topological polar surface area (TPSA) is 122 Å². The Morgan fingerprint density at radius 2 is 1.91 bits per heavy atom. The van der Waals surface area contributed by atoms with Crippen molar-refractivity contribution < 1.29 is 4.42 Å². The quantitative estimate of drug-likeness (QED) is 0.552. The molecule has 4 rings (SSSR count). The van der Waals surface area contributed by atoms with E-state index < -0.39 is 0 Å². The summed E-state index contributed by atoms with van der Waals surface area (Å²) < 4.78 is 7.06. The van der Waals surface area contributed by atoms with E-state index >= 15 is 0 Å². The van der Waals surface area contributed by atoms with E-state index in [9.17, 15) is 0 Å². The van der Waals surface area contributed by atoms with Crippen LogP contribution in [0.15, 0.2) is 47.3 Å². The summed E-state index contributed by atoms with van der Waals surface area (Å²) in [5.41, 5.74) is 15.6. The lowest BCUT2D eigenvalue weighted by Crippen LogP contribution is -2.04. The van der Waals surface area contributed by atoms with Crippen LogP contribution in [0.4, 0.5) is 11.4 Å². The predicted octanol–water partition coefficient (Wildman–Crippen LogP) is 1.69. The number of rotatable bonds is 3. The van der Waals surface area contributed by atoms with E-state index in [1.54, 1.807) is 23.1 Å². The largest absolute Gasteiger partial charge is 0.463 e. The van der Waals surface area contributed by atoms with Crippen molar-refractivity contribution in [1.29, 1.82) is 0 Å². The SMILES string of the molecule is Nc1cc(N)cc(Cn2nnc3c(-c4ccco4)ncnc32)c1. The molecule has 8 nitrogen and oxygen atoms in total. The van der Waals surface area contributed by atoms with Gasteiger partial charge in [-0.05, 0) is 35.9 Å². The van der Waals surface area contributed by atoms with Crippen LogP contribution >= 0.6 is 0 Å². The molecule has 114 valence electrons. The zero-order chi connectivity index (χ0) is 15.8. The summed E-state index contributed by atoms with van der Waals surface area (Å²) >= 11 is 0. The highest BCUT2D eigenvalue weighted by atomic mass is 16.3. The fraction of sp³-hybridized carbons (Fsp3) is 0.0667. The molecule has 4 aromatic rings. The molecule has 0 saturated carbocycles. The number of aromatic nitrogens is 5. The molecule has 3 aromatic heterocycles. The van der Waals surface area contributed by atoms with Crippen molar-refractivity contribution in [2.75, 3.05) is 11.5 Å². The van der Waals surface area contributed by atoms with Crippen LogP contribution in [0.25, 0.3) is 22.6 Å². The van der Waals surface area contributed by atoms with Gasteiger partial charge in [-0.25, -0.2) is 14.6 Å². The number of furan rings is 1. The van der Waals surface area contributed by atoms with E-state index in [2.05, 4.69) is 20.3 Å². The van der Waals surface area contributed by atoms with Gasteiger partial charge in [-0.2, -0.15) is 0 Å². The Hall–Kier alpha value is -3.42. The number of hydrogen-bond acceptors (Lipinski definition) is 7. The molecule has 0 aliphatic carbocycles. The minimum atomic E-state index is 0.459. The number of nitrogens with zero attached hydrogens (tertiary/aromatic N) is 5. The fourth-order valence-corrected chi connectivity index (χ4v) is 2.50. The van der Waals surface area contributed by atoms with Gasteiger partial charge in [0.05, 0.1) is 12.8 Å². The number of anilines is 2. The van der Waals surface area contributed by atoms with Gasteiger partial charge in [-0.15, -0.1) is 5.10 Å². The minimum absolute atomic E-state index is 0.459. The Morgan fingerprint density at radius 1 is 1.09 bits per heavy atom. The number of fused-ring (bicyclic) bond motifs is 1. The van der Waals surface area contributed by atoms with Gasteiger partial charge in [-0.1, -0.05) is 5.21 Å². The Balaban J connectivity index is 1.78. The summed E-state index contributed by atoms with van der Waals surface area (Å²) in [6.07, 6.45) is 3.05. The van der Waals surface area contributed by atoms with Gasteiger partial charge in [0.25, 0.3) is 0 Å². The van der Waals surface area contributed by atoms with E-state index in [4.69, 9.17) is 15.9 Å². The number of nitrogen functional groups attached to an aromatic ring is 2. The highest BCUT2D eigenvalue weighted by Gasteiger charge is 2.15. The van der Waals surface area contributed by atoms with Crippen molar-refractivity contribution >= 4 is 22.5 Å². The highest BCUT2D eigenvalue weighted by molar-refractivity contribution is 5.84. The van der Waals surface area contributed by atoms with Gasteiger partial charge >= 0.3 is 0 Å². The number of benzene rings is 1. The van der Waals surface area contributed by atoms with Crippen LogP contribution in [0.5, 0.6) is 0 Å². The second-order valence-electron chi connectivity index (χ2n) is 5.13. The second kappa shape index (κ2) is 5.09. The Kier molecular flexibility index (Phi) is 2.94. The average molecular weight is 307 g/mol. The van der Waals surface area contributed by atoms with Crippen LogP contribution in [-0.4, -0.2) is 25.0 Å². The first kappa shape index (κ1) is 13.3. The summed E-state index contributed by atoms with van der Waals surface area (Å²) in [6, 6.07) is 9.01. The molecular weight excluding hydrogens is 294 g/mol. The lowest BCUT2D eigenvalue weighted by molar-refractivity contribution is 0.580. The molecule has 0 amide bonds. The van der Waals surface area contributed by atoms with E-state index in [0.717, 1.165) is 5.56 Å². The first-order valence-corrected chi connectivity index (χ1v) is 6.94. The number of nitrogens with two attached hydrogens (primary N) is 2. The normalized spacial score (nSPS) is 11.1. The molecule has 4 N–H and O–H groups in total. The lowest BCUT2D eigenvalue weighted by Gasteiger charge is -2.05. The molecule has 0 atom stereocenters. The Bertz CT molecular complexity index is 955. The van der Waals surface area contributed by atoms with Crippen LogP contribution in [0, 0.1) is 0 Å². The fourth-order valence-electron chi connectivity index (χ4n) is 2.50. The minimum Gasteiger partial charge on any atom is -0.463 e. The van der Waals surface area contributed by atoms with Crippen molar-refractivity contribution in [1.82, 2.24) is 25.0 Å². The summed E-state index contributed by atoms with van der Waals surface area (Å²) in [4.78, 5) is 8.51. The lowest BCUT2D eigenvalue weighted by atomic mass is 10.2. The van der Waals surface area contributed by atoms with E-state index in [1.807, 2.05) is 18.2 Å². The third-order valence-electron chi connectivity index (χ3n) is 3.42. The van der Waals surface area contributed by atoms with E-state index in [1.165, 1.54) is 6.33 Å². The van der Waals surface area contributed by atoms with Gasteiger partial charge < -0.3 is 15.9 Å². The monoisotopic (exact) mass is 307 g/mol. The first-order valence-electron chi connectivity index (χ1n) is 6.94. The molecule has 0 unspecified atom stereocenters. The summed E-state index contributed by atoms with van der Waals surface area (Å²) in [5, 5.41) is 8.34. The predicted molar refractivity (Wildman–Crippen MR) is 85.2 cm³/mol. The molecule has 0 aliphatic heterocycles. The molecule has 0 spiro atoms. The molecule has 8 heteroatoms. The zero-order valence-corrected chi connectivity index (χ0v) is 12.0. The molecule has 0 radical (unpaired) electrons. The van der Waals surface area contributed by atoms with Crippen LogP contribution in [0.1, 0.15) is 5.56 Å². The first-order chi connectivity index (χ1) is 11.2. The Labute approximate surface area is 130 Å². The van der Waals surface area contributed by atoms with Gasteiger partial charge in [-0.3, -0.25) is 0 Å². The van der Waals surface area contributed by atoms with E-state index in [-0.39, 0.29) is 0 Å². The molecular formula is C15H13N7O. The van der Waals surface area contributed by atoms with Crippen LogP contribution in [0.3, 0.4) is 0 Å². The Morgan fingerprint density at radius 3 is 2.65 bits per heavy atom. The molecule has 0 fully saturated rings. The molecule has 1 aromatic carbocycles. The molecule has 0 saturated heterocycles. The van der Waals surface area contributed by atoms with Crippen molar-refractivity contribution in [3.8, 4) is 11.5 Å². The zero-order valence-electron chi connectivity index (χ0n) is 12.0. The molecule has 23 heavy (non-hydrogen) atoms. The van der Waals surface area contributed by atoms with Gasteiger partial charge in [0.1, 0.15) is 12.0 Å². The second-order valence-corrected chi connectivity index (χ2v) is 5.13. The van der Waals surface area contributed by atoms with Crippen molar-refractivity contribution in [3.63, 3.8) is 0 Å². The van der Waals surface area contributed by atoms with Crippen molar-refractivity contribution in [3.05, 3.63) is 48.5 Å². The maximum atomic E-state index is 5.83. The van der Waals surface area contributed by atoms with E-state index in [0.29, 0.717) is 40.5 Å². The summed E-state index contributed by atoms with van der Waals surface area (Å²) in [7, 11) is 0. The smallest absolute Gasteiger partial charge is 0.182 e. The van der Waals surface area contributed by atoms with Crippen molar-refractivity contribution in [2.24, 2.45) is 0 Å².